The van der Waals surface area contributed by atoms with Crippen LogP contribution in [0.25, 0.3) is 28.6 Å². The van der Waals surface area contributed by atoms with E-state index in [0.29, 0.717) is 22.7 Å². The number of nitrogens with zero attached hydrogens (tertiary/aromatic N) is 1. The molecule has 3 aromatic carbocycles. The van der Waals surface area contributed by atoms with E-state index in [1.165, 1.54) is 31.4 Å². The highest BCUT2D eigenvalue weighted by atomic mass is 19.3. The SMILES string of the molecule is COc1cc(/C=C/C(=O)Nc2ccc(-c3nc4ccccc4o3)cc2)ccc1OC(F)F. The summed E-state index contributed by atoms with van der Waals surface area (Å²) in [5, 5.41) is 2.75. The molecule has 32 heavy (non-hydrogen) atoms. The third-order valence-electron chi connectivity index (χ3n) is 4.52. The highest BCUT2D eigenvalue weighted by Gasteiger charge is 2.11. The molecule has 0 aliphatic rings. The van der Waals surface area contributed by atoms with Crippen molar-refractivity contribution in [1.29, 1.82) is 0 Å². The highest BCUT2D eigenvalue weighted by molar-refractivity contribution is 6.02. The lowest BCUT2D eigenvalue weighted by Gasteiger charge is -2.10. The third kappa shape index (κ3) is 4.92. The number of nitrogens with one attached hydrogen (secondary N) is 1. The Hall–Kier alpha value is -4.20. The van der Waals surface area contributed by atoms with E-state index in [1.807, 2.05) is 24.3 Å². The first-order valence-electron chi connectivity index (χ1n) is 9.60. The van der Waals surface area contributed by atoms with Crippen molar-refractivity contribution in [3.63, 3.8) is 0 Å². The van der Waals surface area contributed by atoms with Crippen molar-refractivity contribution in [3.05, 3.63) is 78.4 Å². The Morgan fingerprint density at radius 1 is 1.06 bits per heavy atom. The molecule has 4 rings (SSSR count). The van der Waals surface area contributed by atoms with Crippen LogP contribution in [0, 0.1) is 0 Å². The van der Waals surface area contributed by atoms with Gasteiger partial charge in [-0.3, -0.25) is 4.79 Å². The number of alkyl halides is 2. The lowest BCUT2D eigenvalue weighted by Crippen LogP contribution is -2.07. The Morgan fingerprint density at radius 2 is 1.84 bits per heavy atom. The molecule has 0 aliphatic carbocycles. The maximum Gasteiger partial charge on any atom is 0.387 e. The van der Waals surface area contributed by atoms with Crippen molar-refractivity contribution in [3.8, 4) is 23.0 Å². The van der Waals surface area contributed by atoms with E-state index in [0.717, 1.165) is 11.1 Å². The van der Waals surface area contributed by atoms with E-state index in [-0.39, 0.29) is 17.4 Å². The molecule has 1 heterocycles. The first kappa shape index (κ1) is 21.0. The largest absolute Gasteiger partial charge is 0.493 e. The second-order valence-corrected chi connectivity index (χ2v) is 6.68. The van der Waals surface area contributed by atoms with Crippen LogP contribution >= 0.6 is 0 Å². The molecule has 0 bridgehead atoms. The van der Waals surface area contributed by atoms with Crippen LogP contribution in [0.5, 0.6) is 11.5 Å². The van der Waals surface area contributed by atoms with Gasteiger partial charge in [0.05, 0.1) is 7.11 Å². The number of ether oxygens (including phenoxy) is 2. The number of anilines is 1. The Labute approximate surface area is 182 Å². The Balaban J connectivity index is 1.41. The van der Waals surface area contributed by atoms with Crippen molar-refractivity contribution in [2.75, 3.05) is 12.4 Å². The second-order valence-electron chi connectivity index (χ2n) is 6.68. The maximum absolute atomic E-state index is 12.4. The number of rotatable bonds is 7. The number of hydrogen-bond acceptors (Lipinski definition) is 5. The number of amides is 1. The Morgan fingerprint density at radius 3 is 2.56 bits per heavy atom. The summed E-state index contributed by atoms with van der Waals surface area (Å²) in [4.78, 5) is 16.7. The van der Waals surface area contributed by atoms with Gasteiger partial charge in [0.25, 0.3) is 0 Å². The van der Waals surface area contributed by atoms with Crippen LogP contribution in [0.3, 0.4) is 0 Å². The topological polar surface area (TPSA) is 73.6 Å². The molecule has 0 aliphatic heterocycles. The van der Waals surface area contributed by atoms with Gasteiger partial charge in [0, 0.05) is 17.3 Å². The summed E-state index contributed by atoms with van der Waals surface area (Å²) in [6, 6.07) is 19.0. The third-order valence-corrected chi connectivity index (χ3v) is 4.52. The summed E-state index contributed by atoms with van der Waals surface area (Å²) in [6.07, 6.45) is 2.87. The minimum atomic E-state index is -2.95. The van der Waals surface area contributed by atoms with Crippen molar-refractivity contribution < 1.29 is 27.5 Å². The predicted molar refractivity (Wildman–Crippen MR) is 117 cm³/mol. The van der Waals surface area contributed by atoms with Crippen molar-refractivity contribution >= 4 is 28.8 Å². The number of fused-ring (bicyclic) bond motifs is 1. The fraction of sp³-hybridized carbons (Fsp3) is 0.0833. The van der Waals surface area contributed by atoms with E-state index in [1.54, 1.807) is 30.3 Å². The molecule has 6 nitrogen and oxygen atoms in total. The van der Waals surface area contributed by atoms with Crippen molar-refractivity contribution in [2.45, 2.75) is 6.61 Å². The molecule has 4 aromatic rings. The van der Waals surface area contributed by atoms with Crippen LogP contribution in [-0.2, 0) is 4.79 Å². The number of oxazole rings is 1. The molecule has 0 radical (unpaired) electrons. The molecular weight excluding hydrogens is 418 g/mol. The van der Waals surface area contributed by atoms with Crippen LogP contribution in [0.4, 0.5) is 14.5 Å². The summed E-state index contributed by atoms with van der Waals surface area (Å²) in [6.45, 7) is -2.95. The Kier molecular flexibility index (Phi) is 6.12. The van der Waals surface area contributed by atoms with Crippen LogP contribution < -0.4 is 14.8 Å². The van der Waals surface area contributed by atoms with Gasteiger partial charge in [0.2, 0.25) is 11.8 Å². The van der Waals surface area contributed by atoms with Crippen molar-refractivity contribution in [2.24, 2.45) is 0 Å². The van der Waals surface area contributed by atoms with Crippen LogP contribution in [0.1, 0.15) is 5.56 Å². The van der Waals surface area contributed by atoms with Gasteiger partial charge >= 0.3 is 6.61 Å². The number of benzene rings is 3. The van der Waals surface area contributed by atoms with E-state index in [9.17, 15) is 13.6 Å². The average molecular weight is 436 g/mol. The van der Waals surface area contributed by atoms with Crippen LogP contribution in [0.15, 0.2) is 77.2 Å². The van der Waals surface area contributed by atoms with Gasteiger partial charge in [-0.2, -0.15) is 8.78 Å². The first-order valence-corrected chi connectivity index (χ1v) is 9.60. The number of halogens is 2. The zero-order chi connectivity index (χ0) is 22.5. The molecule has 0 unspecified atom stereocenters. The second kappa shape index (κ2) is 9.30. The fourth-order valence-electron chi connectivity index (χ4n) is 3.03. The standard InChI is InChI=1S/C24H18F2N2O4/c1-30-21-14-15(6-12-20(21)32-24(25)26)7-13-22(29)27-17-10-8-16(9-11-17)23-28-18-4-2-3-5-19(18)31-23/h2-14,24H,1H3,(H,27,29)/b13-7+. The molecule has 0 spiro atoms. The minimum absolute atomic E-state index is 0.0804. The number of carbonyl (C=O) groups is 1. The smallest absolute Gasteiger partial charge is 0.387 e. The number of carbonyl (C=O) groups excluding carboxylic acids is 1. The number of para-hydroxylation sites is 2. The molecule has 8 heteroatoms. The summed E-state index contributed by atoms with van der Waals surface area (Å²) in [5.41, 5.74) is 3.45. The molecule has 162 valence electrons. The monoisotopic (exact) mass is 436 g/mol. The summed E-state index contributed by atoms with van der Waals surface area (Å²) in [5.74, 6) is 0.203. The van der Waals surface area contributed by atoms with E-state index in [4.69, 9.17) is 9.15 Å². The van der Waals surface area contributed by atoms with Gasteiger partial charge < -0.3 is 19.2 Å². The fourth-order valence-corrected chi connectivity index (χ4v) is 3.03. The predicted octanol–water partition coefficient (Wildman–Crippen LogP) is 5.76. The van der Waals surface area contributed by atoms with Gasteiger partial charge in [-0.1, -0.05) is 18.2 Å². The van der Waals surface area contributed by atoms with Gasteiger partial charge in [0.15, 0.2) is 17.1 Å². The molecule has 0 atom stereocenters. The van der Waals surface area contributed by atoms with Crippen LogP contribution in [0.2, 0.25) is 0 Å². The van der Waals surface area contributed by atoms with Crippen LogP contribution in [-0.4, -0.2) is 24.6 Å². The molecule has 0 saturated carbocycles. The lowest BCUT2D eigenvalue weighted by atomic mass is 10.2. The molecule has 0 fully saturated rings. The maximum atomic E-state index is 12.4. The van der Waals surface area contributed by atoms with Crippen molar-refractivity contribution in [1.82, 2.24) is 4.98 Å². The van der Waals surface area contributed by atoms with E-state index >= 15 is 0 Å². The normalized spacial score (nSPS) is 11.2. The quantitative estimate of drug-likeness (QED) is 0.373. The van der Waals surface area contributed by atoms with Gasteiger partial charge in [-0.15, -0.1) is 0 Å². The van der Waals surface area contributed by atoms with Gasteiger partial charge in [-0.05, 0) is 60.2 Å². The molecular formula is C24H18F2N2O4. The molecule has 1 aromatic heterocycles. The Bertz CT molecular complexity index is 1230. The summed E-state index contributed by atoms with van der Waals surface area (Å²) >= 11 is 0. The first-order chi connectivity index (χ1) is 15.5. The van der Waals surface area contributed by atoms with E-state index < -0.39 is 6.61 Å². The summed E-state index contributed by atoms with van der Waals surface area (Å²) < 4.78 is 40.0. The lowest BCUT2D eigenvalue weighted by molar-refractivity contribution is -0.111. The van der Waals surface area contributed by atoms with E-state index in [2.05, 4.69) is 15.0 Å². The minimum Gasteiger partial charge on any atom is -0.493 e. The molecule has 0 saturated heterocycles. The van der Waals surface area contributed by atoms with Gasteiger partial charge in [0.1, 0.15) is 5.52 Å². The van der Waals surface area contributed by atoms with Gasteiger partial charge in [-0.25, -0.2) is 4.98 Å². The molecule has 1 amide bonds. The summed E-state index contributed by atoms with van der Waals surface area (Å²) in [7, 11) is 1.35. The number of aromatic nitrogens is 1. The zero-order valence-electron chi connectivity index (χ0n) is 16.9. The average Bonchev–Trinajstić information content (AvgIpc) is 3.23. The zero-order valence-corrected chi connectivity index (χ0v) is 16.9. The number of hydrogen-bond donors (Lipinski definition) is 1. The highest BCUT2D eigenvalue weighted by Crippen LogP contribution is 2.30. The molecule has 1 N–H and O–H groups in total. The number of methoxy groups -OCH3 is 1.